The lowest BCUT2D eigenvalue weighted by Crippen LogP contribution is -2.10. The second-order valence-corrected chi connectivity index (χ2v) is 16.2. The van der Waals surface area contributed by atoms with Crippen LogP contribution in [0.15, 0.2) is 247 Å². The second-order valence-electron chi connectivity index (χ2n) is 16.2. The molecule has 0 N–H and O–H groups in total. The summed E-state index contributed by atoms with van der Waals surface area (Å²) in [6, 6.07) is 87.3. The van der Waals surface area contributed by atoms with Crippen molar-refractivity contribution in [3.8, 4) is 50.2 Å². The average molecular weight is 805 g/mol. The number of para-hydroxylation sites is 3. The zero-order valence-corrected chi connectivity index (χ0v) is 34.4. The van der Waals surface area contributed by atoms with E-state index in [9.17, 15) is 0 Å². The first kappa shape index (κ1) is 36.5. The smallest absolute Gasteiger partial charge is 0.135 e. The van der Waals surface area contributed by atoms with Gasteiger partial charge in [0.2, 0.25) is 0 Å². The van der Waals surface area contributed by atoms with Crippen molar-refractivity contribution in [2.24, 2.45) is 0 Å². The van der Waals surface area contributed by atoms with Gasteiger partial charge in [0.25, 0.3) is 0 Å². The summed E-state index contributed by atoms with van der Waals surface area (Å²) < 4.78 is 8.55. The van der Waals surface area contributed by atoms with Crippen molar-refractivity contribution in [3.05, 3.63) is 243 Å². The molecular formula is C60H40N2O. The molecule has 10 aromatic carbocycles. The number of anilines is 3. The summed E-state index contributed by atoms with van der Waals surface area (Å²) in [7, 11) is 0. The zero-order valence-electron chi connectivity index (χ0n) is 34.4. The summed E-state index contributed by atoms with van der Waals surface area (Å²) in [6.07, 6.45) is 0. The molecule has 0 atom stereocenters. The van der Waals surface area contributed by atoms with Crippen molar-refractivity contribution >= 4 is 60.8 Å². The Morgan fingerprint density at radius 1 is 0.270 bits per heavy atom. The number of rotatable bonds is 8. The lowest BCUT2D eigenvalue weighted by Gasteiger charge is -2.26. The molecule has 63 heavy (non-hydrogen) atoms. The number of hydrogen-bond acceptors (Lipinski definition) is 2. The molecule has 0 saturated heterocycles. The van der Waals surface area contributed by atoms with Crippen LogP contribution in [0.25, 0.3) is 93.9 Å². The van der Waals surface area contributed by atoms with Gasteiger partial charge in [-0.25, -0.2) is 0 Å². The Kier molecular flexibility index (Phi) is 8.83. The van der Waals surface area contributed by atoms with Crippen molar-refractivity contribution in [2.45, 2.75) is 0 Å². The Bertz CT molecular complexity index is 3530. The normalized spacial score (nSPS) is 11.5. The van der Waals surface area contributed by atoms with Gasteiger partial charge in [-0.3, -0.25) is 0 Å². The van der Waals surface area contributed by atoms with Crippen LogP contribution in [0.2, 0.25) is 0 Å². The molecule has 0 aliphatic rings. The van der Waals surface area contributed by atoms with E-state index in [1.807, 2.05) is 12.1 Å². The topological polar surface area (TPSA) is 21.3 Å². The molecule has 0 aliphatic heterocycles. The number of nitrogens with zero attached hydrogens (tertiary/aromatic N) is 2. The van der Waals surface area contributed by atoms with Gasteiger partial charge in [-0.05, 0) is 136 Å². The minimum absolute atomic E-state index is 0.901. The maximum Gasteiger partial charge on any atom is 0.135 e. The summed E-state index contributed by atoms with van der Waals surface area (Å²) in [5.41, 5.74) is 17.9. The van der Waals surface area contributed by atoms with Gasteiger partial charge >= 0.3 is 0 Å². The molecule has 0 spiro atoms. The maximum atomic E-state index is 6.16. The van der Waals surface area contributed by atoms with Crippen LogP contribution in [0.3, 0.4) is 0 Å². The molecule has 0 unspecified atom stereocenters. The van der Waals surface area contributed by atoms with E-state index >= 15 is 0 Å². The molecule has 2 aromatic heterocycles. The third-order valence-corrected chi connectivity index (χ3v) is 12.4. The number of benzene rings is 10. The Labute approximate surface area is 366 Å². The van der Waals surface area contributed by atoms with Crippen LogP contribution in [0, 0.1) is 0 Å². The molecule has 3 nitrogen and oxygen atoms in total. The Morgan fingerprint density at radius 2 is 0.730 bits per heavy atom. The number of furan rings is 1. The van der Waals surface area contributed by atoms with Crippen LogP contribution in [0.5, 0.6) is 0 Å². The van der Waals surface area contributed by atoms with Crippen LogP contribution < -0.4 is 4.90 Å². The van der Waals surface area contributed by atoms with Crippen LogP contribution in [0.4, 0.5) is 17.1 Å². The Morgan fingerprint density at radius 3 is 1.37 bits per heavy atom. The predicted molar refractivity (Wildman–Crippen MR) is 264 cm³/mol. The van der Waals surface area contributed by atoms with Gasteiger partial charge in [-0.2, -0.15) is 0 Å². The van der Waals surface area contributed by atoms with Gasteiger partial charge in [0.15, 0.2) is 0 Å². The van der Waals surface area contributed by atoms with Crippen molar-refractivity contribution < 1.29 is 4.42 Å². The Hall–Kier alpha value is -8.40. The molecule has 12 rings (SSSR count). The molecule has 0 amide bonds. The lowest BCUT2D eigenvalue weighted by atomic mass is 9.93. The van der Waals surface area contributed by atoms with Crippen LogP contribution >= 0.6 is 0 Å². The number of aromatic nitrogens is 1. The second kappa shape index (κ2) is 15.3. The van der Waals surface area contributed by atoms with Crippen LogP contribution in [0.1, 0.15) is 0 Å². The van der Waals surface area contributed by atoms with E-state index in [-0.39, 0.29) is 0 Å². The summed E-state index contributed by atoms with van der Waals surface area (Å²) in [5, 5.41) is 4.71. The molecule has 0 radical (unpaired) electrons. The fourth-order valence-corrected chi connectivity index (χ4v) is 9.30. The zero-order chi connectivity index (χ0) is 41.7. The van der Waals surface area contributed by atoms with E-state index in [4.69, 9.17) is 4.42 Å². The highest BCUT2D eigenvalue weighted by atomic mass is 16.3. The Balaban J connectivity index is 0.993. The minimum Gasteiger partial charge on any atom is -0.456 e. The largest absolute Gasteiger partial charge is 0.456 e. The van der Waals surface area contributed by atoms with Crippen LogP contribution in [-0.2, 0) is 0 Å². The highest BCUT2D eigenvalue weighted by Crippen LogP contribution is 2.42. The average Bonchev–Trinajstić information content (AvgIpc) is 3.90. The van der Waals surface area contributed by atoms with E-state index < -0.39 is 0 Å². The SMILES string of the molecule is c1ccc(-c2cc(-c3ccccc3)cc(-c3ccc(N(c4ccc(-c5ccc6oc7ccccc7c6c5)cc4)c4ccc5c6ccccc6n(-c6ccccc6)c5c4)cc3)c2)cc1. The lowest BCUT2D eigenvalue weighted by molar-refractivity contribution is 0.669. The van der Waals surface area contributed by atoms with Crippen LogP contribution in [-0.4, -0.2) is 4.57 Å². The number of fused-ring (bicyclic) bond motifs is 6. The van der Waals surface area contributed by atoms with Crippen molar-refractivity contribution in [1.82, 2.24) is 4.57 Å². The first-order valence-electron chi connectivity index (χ1n) is 21.5. The molecule has 0 bridgehead atoms. The first-order chi connectivity index (χ1) is 31.2. The van der Waals surface area contributed by atoms with E-state index in [0.29, 0.717) is 0 Å². The highest BCUT2D eigenvalue weighted by molar-refractivity contribution is 6.10. The monoisotopic (exact) mass is 804 g/mol. The third kappa shape index (κ3) is 6.55. The molecule has 0 fully saturated rings. The summed E-state index contributed by atoms with van der Waals surface area (Å²) in [6.45, 7) is 0. The summed E-state index contributed by atoms with van der Waals surface area (Å²) in [4.78, 5) is 2.38. The minimum atomic E-state index is 0.901. The van der Waals surface area contributed by atoms with E-state index in [1.54, 1.807) is 0 Å². The summed E-state index contributed by atoms with van der Waals surface area (Å²) >= 11 is 0. The van der Waals surface area contributed by atoms with Crippen molar-refractivity contribution in [1.29, 1.82) is 0 Å². The molecule has 2 heterocycles. The molecular weight excluding hydrogens is 765 g/mol. The van der Waals surface area contributed by atoms with E-state index in [1.165, 1.54) is 44.1 Å². The van der Waals surface area contributed by atoms with Crippen molar-refractivity contribution in [2.75, 3.05) is 4.90 Å². The molecule has 3 heteroatoms. The number of hydrogen-bond donors (Lipinski definition) is 0. The van der Waals surface area contributed by atoms with E-state index in [2.05, 4.69) is 240 Å². The van der Waals surface area contributed by atoms with Gasteiger partial charge < -0.3 is 13.9 Å². The third-order valence-electron chi connectivity index (χ3n) is 12.4. The summed E-state index contributed by atoms with van der Waals surface area (Å²) in [5.74, 6) is 0. The first-order valence-corrected chi connectivity index (χ1v) is 21.5. The molecule has 12 aromatic rings. The molecule has 0 saturated carbocycles. The quantitative estimate of drug-likeness (QED) is 0.153. The fourth-order valence-electron chi connectivity index (χ4n) is 9.30. The van der Waals surface area contributed by atoms with Crippen molar-refractivity contribution in [3.63, 3.8) is 0 Å². The van der Waals surface area contributed by atoms with Gasteiger partial charge in [-0.1, -0.05) is 152 Å². The molecule has 0 aliphatic carbocycles. The van der Waals surface area contributed by atoms with Gasteiger partial charge in [0, 0.05) is 44.3 Å². The predicted octanol–water partition coefficient (Wildman–Crippen LogP) is 16.8. The highest BCUT2D eigenvalue weighted by Gasteiger charge is 2.19. The van der Waals surface area contributed by atoms with Gasteiger partial charge in [0.05, 0.1) is 11.0 Å². The standard InChI is InChI=1S/C60H40N2O/c1-4-14-41(15-5-1)46-36-47(42-16-6-2-7-17-42)38-48(37-46)44-26-31-51(32-27-44)61(50-29-24-43(25-30-50)45-28-35-60-56(39-45)55-21-11-13-23-59(55)63-60)52-33-34-54-53-20-10-12-22-57(53)62(58(54)40-52)49-18-8-3-9-19-49/h1-40H. The molecule has 296 valence electrons. The maximum absolute atomic E-state index is 6.16. The van der Waals surface area contributed by atoms with Gasteiger partial charge in [-0.15, -0.1) is 0 Å². The van der Waals surface area contributed by atoms with E-state index in [0.717, 1.165) is 66.9 Å². The fraction of sp³-hybridized carbons (Fsp3) is 0. The van der Waals surface area contributed by atoms with Gasteiger partial charge in [0.1, 0.15) is 11.2 Å².